The zero-order chi connectivity index (χ0) is 14.3. The molecule has 0 aliphatic rings. The van der Waals surface area contributed by atoms with Crippen LogP contribution >= 0.6 is 0 Å². The number of nitriles is 1. The fourth-order valence-corrected chi connectivity index (χ4v) is 1.29. The van der Waals surface area contributed by atoms with Crippen molar-refractivity contribution >= 4 is 12.0 Å². The minimum Gasteiger partial charge on any atom is -0.477 e. The second-order valence-corrected chi connectivity index (χ2v) is 3.85. The van der Waals surface area contributed by atoms with E-state index in [1.807, 2.05) is 6.07 Å². The summed E-state index contributed by atoms with van der Waals surface area (Å²) < 4.78 is 0. The van der Waals surface area contributed by atoms with Gasteiger partial charge in [0.1, 0.15) is 5.69 Å². The van der Waals surface area contributed by atoms with Gasteiger partial charge in [-0.25, -0.2) is 14.6 Å². The van der Waals surface area contributed by atoms with Crippen LogP contribution in [0.2, 0.25) is 0 Å². The predicted octanol–water partition coefficient (Wildman–Crippen LogP) is 0.835. The van der Waals surface area contributed by atoms with Crippen LogP contribution in [0.1, 0.15) is 22.5 Å². The van der Waals surface area contributed by atoms with Gasteiger partial charge in [0, 0.05) is 26.3 Å². The third-order valence-electron chi connectivity index (χ3n) is 2.39. The molecule has 0 radical (unpaired) electrons. The van der Waals surface area contributed by atoms with E-state index in [1.165, 1.54) is 17.2 Å². The Morgan fingerprint density at radius 3 is 2.79 bits per heavy atom. The molecule has 0 fully saturated rings. The molecule has 0 unspecified atom stereocenters. The zero-order valence-electron chi connectivity index (χ0n) is 10.5. The molecule has 0 atom stereocenters. The second kappa shape index (κ2) is 6.96. The number of urea groups is 1. The van der Waals surface area contributed by atoms with Gasteiger partial charge >= 0.3 is 12.0 Å². The highest BCUT2D eigenvalue weighted by Crippen LogP contribution is 2.00. The first kappa shape index (κ1) is 14.4. The molecule has 1 aromatic heterocycles. The molecule has 19 heavy (non-hydrogen) atoms. The van der Waals surface area contributed by atoms with Crippen LogP contribution in [0.5, 0.6) is 0 Å². The molecule has 1 heterocycles. The average molecular weight is 262 g/mol. The summed E-state index contributed by atoms with van der Waals surface area (Å²) in [6.07, 6.45) is 1.68. The Morgan fingerprint density at radius 1 is 1.53 bits per heavy atom. The second-order valence-electron chi connectivity index (χ2n) is 3.85. The molecule has 0 saturated carbocycles. The Bertz CT molecular complexity index is 493. The van der Waals surface area contributed by atoms with E-state index in [0.29, 0.717) is 12.1 Å². The monoisotopic (exact) mass is 262 g/mol. The van der Waals surface area contributed by atoms with Crippen molar-refractivity contribution in [2.24, 2.45) is 0 Å². The number of nitrogens with one attached hydrogen (secondary N) is 1. The van der Waals surface area contributed by atoms with E-state index in [-0.39, 0.29) is 24.7 Å². The maximum absolute atomic E-state index is 11.6. The quantitative estimate of drug-likeness (QED) is 0.817. The normalized spacial score (nSPS) is 9.47. The van der Waals surface area contributed by atoms with E-state index in [1.54, 1.807) is 13.1 Å². The topological polar surface area (TPSA) is 106 Å². The number of carbonyl (C=O) groups is 2. The number of aromatic nitrogens is 1. The van der Waals surface area contributed by atoms with Crippen LogP contribution in [0.3, 0.4) is 0 Å². The van der Waals surface area contributed by atoms with Crippen LogP contribution in [-0.2, 0) is 6.54 Å². The van der Waals surface area contributed by atoms with E-state index in [9.17, 15) is 9.59 Å². The summed E-state index contributed by atoms with van der Waals surface area (Å²) >= 11 is 0. The molecule has 1 rings (SSSR count). The van der Waals surface area contributed by atoms with Crippen molar-refractivity contribution in [3.63, 3.8) is 0 Å². The third kappa shape index (κ3) is 4.63. The van der Waals surface area contributed by atoms with Crippen LogP contribution in [0.4, 0.5) is 4.79 Å². The Hall–Kier alpha value is -2.62. The Balaban J connectivity index is 2.46. The number of nitrogens with zero attached hydrogens (tertiary/aromatic N) is 3. The van der Waals surface area contributed by atoms with Gasteiger partial charge in [-0.2, -0.15) is 5.26 Å². The summed E-state index contributed by atoms with van der Waals surface area (Å²) in [5.41, 5.74) is 0.660. The Kier molecular flexibility index (Phi) is 5.29. The Labute approximate surface area is 110 Å². The summed E-state index contributed by atoms with van der Waals surface area (Å²) in [7, 11) is 1.60. The van der Waals surface area contributed by atoms with Gasteiger partial charge in [-0.3, -0.25) is 0 Å². The minimum atomic E-state index is -1.09. The number of carboxylic acid groups (broad SMARTS) is 1. The van der Waals surface area contributed by atoms with Crippen LogP contribution in [0.25, 0.3) is 0 Å². The lowest BCUT2D eigenvalue weighted by Gasteiger charge is -2.16. The van der Waals surface area contributed by atoms with Crippen molar-refractivity contribution in [1.29, 1.82) is 5.26 Å². The van der Waals surface area contributed by atoms with Crippen molar-refractivity contribution in [2.75, 3.05) is 13.6 Å². The van der Waals surface area contributed by atoms with Crippen LogP contribution in [0, 0.1) is 11.3 Å². The number of amides is 2. The predicted molar refractivity (Wildman–Crippen MR) is 66.3 cm³/mol. The SMILES string of the molecule is CN(CCC#N)C(=O)NCc1ccc(C(=O)O)nc1. The molecule has 0 aliphatic carbocycles. The summed E-state index contributed by atoms with van der Waals surface area (Å²) in [5.74, 6) is -1.09. The van der Waals surface area contributed by atoms with Crippen LogP contribution < -0.4 is 5.32 Å². The molecule has 7 nitrogen and oxygen atoms in total. The Morgan fingerprint density at radius 2 is 2.26 bits per heavy atom. The molecule has 2 amide bonds. The van der Waals surface area contributed by atoms with Crippen molar-refractivity contribution in [2.45, 2.75) is 13.0 Å². The van der Waals surface area contributed by atoms with Gasteiger partial charge < -0.3 is 15.3 Å². The zero-order valence-corrected chi connectivity index (χ0v) is 10.5. The van der Waals surface area contributed by atoms with Gasteiger partial charge in [-0.1, -0.05) is 6.07 Å². The van der Waals surface area contributed by atoms with E-state index >= 15 is 0 Å². The molecule has 1 aromatic rings. The van der Waals surface area contributed by atoms with Gasteiger partial charge in [0.05, 0.1) is 12.5 Å². The van der Waals surface area contributed by atoms with E-state index in [2.05, 4.69) is 10.3 Å². The maximum Gasteiger partial charge on any atom is 0.354 e. The first-order valence-corrected chi connectivity index (χ1v) is 5.58. The first-order chi connectivity index (χ1) is 9.04. The number of hydrogen-bond acceptors (Lipinski definition) is 4. The molecule has 100 valence electrons. The summed E-state index contributed by atoms with van der Waals surface area (Å²) in [4.78, 5) is 27.3. The largest absolute Gasteiger partial charge is 0.477 e. The van der Waals surface area contributed by atoms with Crippen LogP contribution in [0.15, 0.2) is 18.3 Å². The van der Waals surface area contributed by atoms with Crippen LogP contribution in [-0.4, -0.2) is 40.6 Å². The van der Waals surface area contributed by atoms with E-state index < -0.39 is 5.97 Å². The highest BCUT2D eigenvalue weighted by molar-refractivity contribution is 5.85. The van der Waals surface area contributed by atoms with Gasteiger partial charge in [0.25, 0.3) is 0 Å². The smallest absolute Gasteiger partial charge is 0.354 e. The fourth-order valence-electron chi connectivity index (χ4n) is 1.29. The molecule has 0 bridgehead atoms. The maximum atomic E-state index is 11.6. The van der Waals surface area contributed by atoms with Gasteiger partial charge in [-0.05, 0) is 11.6 Å². The molecule has 0 aromatic carbocycles. The molecule has 0 spiro atoms. The molecule has 0 aliphatic heterocycles. The lowest BCUT2D eigenvalue weighted by molar-refractivity contribution is 0.0690. The molecule has 0 saturated heterocycles. The van der Waals surface area contributed by atoms with Crippen molar-refractivity contribution in [1.82, 2.24) is 15.2 Å². The first-order valence-electron chi connectivity index (χ1n) is 5.58. The van der Waals surface area contributed by atoms with E-state index in [0.717, 1.165) is 0 Å². The van der Waals surface area contributed by atoms with Crippen molar-refractivity contribution < 1.29 is 14.7 Å². The van der Waals surface area contributed by atoms with Gasteiger partial charge in [-0.15, -0.1) is 0 Å². The molecular formula is C12H14N4O3. The highest BCUT2D eigenvalue weighted by Gasteiger charge is 2.08. The number of carboxylic acids is 1. The summed E-state index contributed by atoms with van der Waals surface area (Å²) in [5, 5.41) is 19.7. The molecule has 7 heteroatoms. The van der Waals surface area contributed by atoms with E-state index in [4.69, 9.17) is 10.4 Å². The lowest BCUT2D eigenvalue weighted by Crippen LogP contribution is -2.37. The fraction of sp³-hybridized carbons (Fsp3) is 0.333. The van der Waals surface area contributed by atoms with Gasteiger partial charge in [0.2, 0.25) is 0 Å². The average Bonchev–Trinajstić information content (AvgIpc) is 2.42. The number of rotatable bonds is 5. The molecular weight excluding hydrogens is 248 g/mol. The lowest BCUT2D eigenvalue weighted by atomic mass is 10.2. The highest BCUT2D eigenvalue weighted by atomic mass is 16.4. The standard InChI is InChI=1S/C12H14N4O3/c1-16(6-2-5-13)12(19)15-8-9-3-4-10(11(17)18)14-7-9/h3-4,7H,2,6,8H2,1H3,(H,15,19)(H,17,18). The number of hydrogen-bond donors (Lipinski definition) is 2. The number of carbonyl (C=O) groups excluding carboxylic acids is 1. The molecule has 2 N–H and O–H groups in total. The number of aromatic carboxylic acids is 1. The van der Waals surface area contributed by atoms with Crippen molar-refractivity contribution in [3.05, 3.63) is 29.6 Å². The van der Waals surface area contributed by atoms with Gasteiger partial charge in [0.15, 0.2) is 0 Å². The minimum absolute atomic E-state index is 0.0405. The number of pyridine rings is 1. The summed E-state index contributed by atoms with van der Waals surface area (Å²) in [6.45, 7) is 0.612. The third-order valence-corrected chi connectivity index (χ3v) is 2.39. The van der Waals surface area contributed by atoms with Crippen molar-refractivity contribution in [3.8, 4) is 6.07 Å². The summed E-state index contributed by atoms with van der Waals surface area (Å²) in [6, 6.07) is 4.63.